The number of anilines is 1. The topological polar surface area (TPSA) is 84.9 Å². The maximum absolute atomic E-state index is 12.3. The molecule has 2 saturated heterocycles. The van der Waals surface area contributed by atoms with E-state index >= 15 is 0 Å². The monoisotopic (exact) mass is 376 g/mol. The lowest BCUT2D eigenvalue weighted by atomic mass is 9.95. The highest BCUT2D eigenvalue weighted by Crippen LogP contribution is 2.30. The van der Waals surface area contributed by atoms with Crippen LogP contribution in [-0.2, 0) is 9.47 Å². The number of hydrogen-bond acceptors (Lipinski definition) is 6. The molecule has 0 bridgehead atoms. The molecular weight excluding hydrogens is 348 g/mol. The number of cyclic esters (lactones) is 1. The largest absolute Gasteiger partial charge is 0.447 e. The van der Waals surface area contributed by atoms with E-state index in [1.807, 2.05) is 34.6 Å². The molecule has 3 rings (SSSR count). The zero-order chi connectivity index (χ0) is 19.8. The molecule has 0 aliphatic carbocycles. The van der Waals surface area contributed by atoms with Gasteiger partial charge in [-0.3, -0.25) is 9.88 Å². The zero-order valence-corrected chi connectivity index (χ0v) is 16.7. The number of carbonyl (C=O) groups is 2. The van der Waals surface area contributed by atoms with E-state index in [2.05, 4.69) is 9.97 Å². The predicted molar refractivity (Wildman–Crippen MR) is 99.7 cm³/mol. The van der Waals surface area contributed by atoms with E-state index in [0.717, 1.165) is 18.5 Å². The van der Waals surface area contributed by atoms with Crippen LogP contribution < -0.4 is 4.90 Å². The van der Waals surface area contributed by atoms with Crippen molar-refractivity contribution in [3.8, 4) is 0 Å². The molecule has 0 N–H and O–H groups in total. The van der Waals surface area contributed by atoms with E-state index in [1.165, 1.54) is 4.90 Å². The Kier molecular flexibility index (Phi) is 5.01. The van der Waals surface area contributed by atoms with Crippen LogP contribution in [0.3, 0.4) is 0 Å². The van der Waals surface area contributed by atoms with Gasteiger partial charge in [-0.1, -0.05) is 0 Å². The minimum Gasteiger partial charge on any atom is -0.447 e. The SMILES string of the molecule is CC(C)(C)OC(=O)N1CCC[C@@H](c2cnc(N3C(=O)OCC3(C)C)cn2)C1. The molecule has 0 unspecified atom stereocenters. The maximum Gasteiger partial charge on any atom is 0.416 e. The van der Waals surface area contributed by atoms with Crippen LogP contribution in [0.25, 0.3) is 0 Å². The Morgan fingerprint density at radius 1 is 1.30 bits per heavy atom. The summed E-state index contributed by atoms with van der Waals surface area (Å²) in [7, 11) is 0. The number of aromatic nitrogens is 2. The van der Waals surface area contributed by atoms with Gasteiger partial charge in [0.25, 0.3) is 0 Å². The highest BCUT2D eigenvalue weighted by molar-refractivity contribution is 5.89. The van der Waals surface area contributed by atoms with Gasteiger partial charge < -0.3 is 14.4 Å². The number of nitrogens with zero attached hydrogens (tertiary/aromatic N) is 4. The number of carbonyl (C=O) groups excluding carboxylic acids is 2. The predicted octanol–water partition coefficient (Wildman–Crippen LogP) is 3.33. The first-order valence-corrected chi connectivity index (χ1v) is 9.34. The Labute approximate surface area is 159 Å². The summed E-state index contributed by atoms with van der Waals surface area (Å²) in [4.78, 5) is 36.5. The number of hydrogen-bond donors (Lipinski definition) is 0. The molecule has 1 atom stereocenters. The summed E-state index contributed by atoms with van der Waals surface area (Å²) in [6.45, 7) is 11.0. The van der Waals surface area contributed by atoms with Gasteiger partial charge in [0.2, 0.25) is 0 Å². The second-order valence-electron chi connectivity index (χ2n) is 8.77. The Morgan fingerprint density at radius 3 is 2.59 bits per heavy atom. The quantitative estimate of drug-likeness (QED) is 0.787. The van der Waals surface area contributed by atoms with Crippen molar-refractivity contribution in [2.45, 2.75) is 64.5 Å². The molecule has 1 aromatic rings. The van der Waals surface area contributed by atoms with Gasteiger partial charge >= 0.3 is 12.2 Å². The Morgan fingerprint density at radius 2 is 2.04 bits per heavy atom. The summed E-state index contributed by atoms with van der Waals surface area (Å²) in [6.07, 6.45) is 4.42. The molecular formula is C19H28N4O4. The Hall–Kier alpha value is -2.38. The molecule has 2 amide bonds. The number of likely N-dealkylation sites (tertiary alicyclic amines) is 1. The normalized spacial score (nSPS) is 22.6. The van der Waals surface area contributed by atoms with Crippen molar-refractivity contribution in [2.24, 2.45) is 0 Å². The highest BCUT2D eigenvalue weighted by atomic mass is 16.6. The summed E-state index contributed by atoms with van der Waals surface area (Å²) in [6, 6.07) is 0. The molecule has 8 nitrogen and oxygen atoms in total. The third kappa shape index (κ3) is 4.31. The van der Waals surface area contributed by atoms with Crippen molar-refractivity contribution in [1.82, 2.24) is 14.9 Å². The number of amides is 2. The minimum absolute atomic E-state index is 0.103. The fourth-order valence-electron chi connectivity index (χ4n) is 3.39. The molecule has 27 heavy (non-hydrogen) atoms. The Bertz CT molecular complexity index is 711. The van der Waals surface area contributed by atoms with Crippen molar-refractivity contribution in [3.63, 3.8) is 0 Å². The van der Waals surface area contributed by atoms with Crippen LogP contribution >= 0.6 is 0 Å². The molecule has 148 valence electrons. The molecule has 2 fully saturated rings. The first-order valence-electron chi connectivity index (χ1n) is 9.34. The van der Waals surface area contributed by atoms with Gasteiger partial charge in [-0.05, 0) is 47.5 Å². The maximum atomic E-state index is 12.3. The smallest absolute Gasteiger partial charge is 0.416 e. The van der Waals surface area contributed by atoms with Crippen molar-refractivity contribution in [1.29, 1.82) is 0 Å². The summed E-state index contributed by atoms with van der Waals surface area (Å²) in [5, 5.41) is 0. The van der Waals surface area contributed by atoms with E-state index < -0.39 is 17.2 Å². The van der Waals surface area contributed by atoms with Gasteiger partial charge in [0, 0.05) is 19.0 Å². The van der Waals surface area contributed by atoms with Gasteiger partial charge in [0.05, 0.1) is 23.6 Å². The third-order valence-corrected chi connectivity index (χ3v) is 4.72. The van der Waals surface area contributed by atoms with E-state index in [9.17, 15) is 9.59 Å². The van der Waals surface area contributed by atoms with Crippen LogP contribution in [0.5, 0.6) is 0 Å². The van der Waals surface area contributed by atoms with Gasteiger partial charge in [-0.15, -0.1) is 0 Å². The first kappa shape index (κ1) is 19.4. The molecule has 0 spiro atoms. The van der Waals surface area contributed by atoms with Crippen LogP contribution in [0.15, 0.2) is 12.4 Å². The molecule has 8 heteroatoms. The van der Waals surface area contributed by atoms with Crippen LogP contribution in [0.4, 0.5) is 15.4 Å². The lowest BCUT2D eigenvalue weighted by Crippen LogP contribution is -2.43. The van der Waals surface area contributed by atoms with Gasteiger partial charge in [-0.2, -0.15) is 0 Å². The van der Waals surface area contributed by atoms with Crippen LogP contribution in [0, 0.1) is 0 Å². The number of rotatable bonds is 2. The minimum atomic E-state index is -0.511. The van der Waals surface area contributed by atoms with Crippen molar-refractivity contribution in [3.05, 3.63) is 18.1 Å². The van der Waals surface area contributed by atoms with E-state index in [1.54, 1.807) is 17.3 Å². The summed E-state index contributed by atoms with van der Waals surface area (Å²) < 4.78 is 10.6. The fraction of sp³-hybridized carbons (Fsp3) is 0.684. The second kappa shape index (κ2) is 6.98. The average molecular weight is 376 g/mol. The molecule has 0 saturated carbocycles. The van der Waals surface area contributed by atoms with Crippen molar-refractivity contribution < 1.29 is 19.1 Å². The highest BCUT2D eigenvalue weighted by Gasteiger charge is 2.42. The van der Waals surface area contributed by atoms with E-state index in [4.69, 9.17) is 9.47 Å². The Balaban J connectivity index is 1.70. The lowest BCUT2D eigenvalue weighted by Gasteiger charge is -2.34. The zero-order valence-electron chi connectivity index (χ0n) is 16.7. The first-order chi connectivity index (χ1) is 12.6. The summed E-state index contributed by atoms with van der Waals surface area (Å²) >= 11 is 0. The number of ether oxygens (including phenoxy) is 2. The molecule has 0 radical (unpaired) electrons. The van der Waals surface area contributed by atoms with Crippen LogP contribution in [0.2, 0.25) is 0 Å². The lowest BCUT2D eigenvalue weighted by molar-refractivity contribution is 0.0197. The summed E-state index contributed by atoms with van der Waals surface area (Å²) in [5.41, 5.74) is -0.147. The molecule has 0 aromatic carbocycles. The average Bonchev–Trinajstić information content (AvgIpc) is 2.86. The van der Waals surface area contributed by atoms with Crippen LogP contribution in [0.1, 0.15) is 59.1 Å². The van der Waals surface area contributed by atoms with E-state index in [0.29, 0.717) is 25.5 Å². The number of piperidine rings is 1. The van der Waals surface area contributed by atoms with Gasteiger partial charge in [0.15, 0.2) is 5.82 Å². The van der Waals surface area contributed by atoms with Gasteiger partial charge in [-0.25, -0.2) is 14.6 Å². The summed E-state index contributed by atoms with van der Waals surface area (Å²) in [5.74, 6) is 0.581. The second-order valence-corrected chi connectivity index (χ2v) is 8.77. The molecule has 2 aliphatic heterocycles. The molecule has 2 aliphatic rings. The van der Waals surface area contributed by atoms with Crippen molar-refractivity contribution in [2.75, 3.05) is 24.6 Å². The van der Waals surface area contributed by atoms with Gasteiger partial charge in [0.1, 0.15) is 12.2 Å². The molecule has 3 heterocycles. The van der Waals surface area contributed by atoms with Crippen molar-refractivity contribution >= 4 is 18.0 Å². The third-order valence-electron chi connectivity index (χ3n) is 4.72. The molecule has 1 aromatic heterocycles. The van der Waals surface area contributed by atoms with E-state index in [-0.39, 0.29) is 12.0 Å². The fourth-order valence-corrected chi connectivity index (χ4v) is 3.39. The van der Waals surface area contributed by atoms with Crippen LogP contribution in [-0.4, -0.2) is 57.9 Å². The standard InChI is InChI=1S/C19H28N4O4/c1-18(2,3)27-16(24)22-8-6-7-13(11-22)14-9-21-15(10-20-14)23-17(25)26-12-19(23,4)5/h9-10,13H,6-8,11-12H2,1-5H3/t13-/m1/s1.